The van der Waals surface area contributed by atoms with E-state index in [1.54, 1.807) is 6.07 Å². The first kappa shape index (κ1) is 12.9. The van der Waals surface area contributed by atoms with Crippen molar-refractivity contribution in [3.8, 4) is 0 Å². The number of fused-ring (bicyclic) bond motifs is 1. The number of nitrogens with one attached hydrogen (secondary N) is 1. The molecule has 96 valence electrons. The summed E-state index contributed by atoms with van der Waals surface area (Å²) >= 11 is 0. The summed E-state index contributed by atoms with van der Waals surface area (Å²) < 4.78 is 26.0. The van der Waals surface area contributed by atoms with Gasteiger partial charge in [-0.1, -0.05) is 25.1 Å². The highest BCUT2D eigenvalue weighted by atomic mass is 19.3. The minimum Gasteiger partial charge on any atom is -0.305 e. The Labute approximate surface area is 105 Å². The molecule has 2 rings (SSSR count). The van der Waals surface area contributed by atoms with Crippen LogP contribution in [-0.2, 0) is 0 Å². The van der Waals surface area contributed by atoms with Crippen LogP contribution in [0, 0.1) is 0 Å². The number of alkyl halides is 2. The average molecular weight is 250 g/mol. The van der Waals surface area contributed by atoms with Crippen molar-refractivity contribution in [2.75, 3.05) is 6.54 Å². The van der Waals surface area contributed by atoms with Crippen LogP contribution in [0.1, 0.15) is 24.9 Å². The summed E-state index contributed by atoms with van der Waals surface area (Å²) in [5.74, 6) is 0. The number of benzene rings is 1. The Bertz CT molecular complexity index is 514. The molecule has 1 N–H and O–H groups in total. The molecule has 0 bridgehead atoms. The van der Waals surface area contributed by atoms with E-state index in [0.29, 0.717) is 12.1 Å². The summed E-state index contributed by atoms with van der Waals surface area (Å²) in [7, 11) is 0. The molecule has 2 nitrogen and oxygen atoms in total. The molecule has 0 radical (unpaired) electrons. The van der Waals surface area contributed by atoms with E-state index in [4.69, 9.17) is 0 Å². The van der Waals surface area contributed by atoms with Crippen LogP contribution >= 0.6 is 0 Å². The lowest BCUT2D eigenvalue weighted by Crippen LogP contribution is -2.28. The van der Waals surface area contributed by atoms with Crippen molar-refractivity contribution in [1.82, 2.24) is 10.3 Å². The number of hydrogen-bond donors (Lipinski definition) is 1. The van der Waals surface area contributed by atoms with Crippen molar-refractivity contribution in [2.24, 2.45) is 0 Å². The smallest absolute Gasteiger partial charge is 0.257 e. The maximum Gasteiger partial charge on any atom is 0.257 e. The molecule has 1 unspecified atom stereocenters. The molecular weight excluding hydrogens is 234 g/mol. The topological polar surface area (TPSA) is 24.9 Å². The second-order valence-electron chi connectivity index (χ2n) is 4.23. The number of hydrogen-bond acceptors (Lipinski definition) is 2. The van der Waals surface area contributed by atoms with Gasteiger partial charge in [-0.2, -0.15) is 0 Å². The Morgan fingerprint density at radius 2 is 2.06 bits per heavy atom. The highest BCUT2D eigenvalue weighted by molar-refractivity contribution is 5.78. The van der Waals surface area contributed by atoms with Crippen molar-refractivity contribution in [1.29, 1.82) is 0 Å². The maximum atomic E-state index is 13.0. The third-order valence-corrected chi connectivity index (χ3v) is 2.84. The van der Waals surface area contributed by atoms with E-state index in [-0.39, 0.29) is 0 Å². The predicted molar refractivity (Wildman–Crippen MR) is 68.8 cm³/mol. The highest BCUT2D eigenvalue weighted by Gasteiger charge is 2.21. The minimum atomic E-state index is -2.43. The molecular formula is C14H16F2N2. The minimum absolute atomic E-state index is 0.539. The predicted octanol–water partition coefficient (Wildman–Crippen LogP) is 3.54. The van der Waals surface area contributed by atoms with Crippen molar-refractivity contribution in [3.63, 3.8) is 0 Å². The van der Waals surface area contributed by atoms with Crippen LogP contribution in [0.25, 0.3) is 10.9 Å². The van der Waals surface area contributed by atoms with E-state index in [1.807, 2.05) is 31.2 Å². The van der Waals surface area contributed by atoms with Crippen LogP contribution in [0.2, 0.25) is 0 Å². The van der Waals surface area contributed by atoms with Gasteiger partial charge in [-0.25, -0.2) is 8.78 Å². The molecule has 1 aromatic carbocycles. The highest BCUT2D eigenvalue weighted by Crippen LogP contribution is 2.23. The first-order valence-electron chi connectivity index (χ1n) is 6.08. The van der Waals surface area contributed by atoms with Gasteiger partial charge < -0.3 is 5.32 Å². The zero-order chi connectivity index (χ0) is 13.0. The molecule has 0 fully saturated rings. The van der Waals surface area contributed by atoms with E-state index in [1.165, 1.54) is 6.20 Å². The van der Waals surface area contributed by atoms with E-state index in [0.717, 1.165) is 17.3 Å². The summed E-state index contributed by atoms with van der Waals surface area (Å²) in [5, 5.41) is 3.75. The molecule has 0 aliphatic carbocycles. The Morgan fingerprint density at radius 3 is 2.78 bits per heavy atom. The number of nitrogens with zero attached hydrogens (tertiary/aromatic N) is 1. The summed E-state index contributed by atoms with van der Waals surface area (Å²) in [6, 6.07) is 8.35. The SMILES string of the molecule is CCCNC(c1cnc2ccccc2c1)C(F)F. The molecule has 0 amide bonds. The molecule has 0 saturated carbocycles. The quantitative estimate of drug-likeness (QED) is 0.878. The van der Waals surface area contributed by atoms with Gasteiger partial charge in [-0.3, -0.25) is 4.98 Å². The fourth-order valence-corrected chi connectivity index (χ4v) is 1.91. The van der Waals surface area contributed by atoms with Gasteiger partial charge in [0.2, 0.25) is 0 Å². The third-order valence-electron chi connectivity index (χ3n) is 2.84. The second-order valence-corrected chi connectivity index (χ2v) is 4.23. The fourth-order valence-electron chi connectivity index (χ4n) is 1.91. The Hall–Kier alpha value is -1.55. The van der Waals surface area contributed by atoms with Crippen LogP contribution in [0.4, 0.5) is 8.78 Å². The maximum absolute atomic E-state index is 13.0. The summed E-state index contributed by atoms with van der Waals surface area (Å²) in [4.78, 5) is 4.22. The van der Waals surface area contributed by atoms with Crippen molar-refractivity contribution < 1.29 is 8.78 Å². The average Bonchev–Trinajstić information content (AvgIpc) is 2.38. The first-order chi connectivity index (χ1) is 8.72. The third kappa shape index (κ3) is 2.82. The number of halogens is 2. The molecule has 0 saturated heterocycles. The van der Waals surface area contributed by atoms with E-state index in [9.17, 15) is 8.78 Å². The van der Waals surface area contributed by atoms with Gasteiger partial charge in [0.15, 0.2) is 0 Å². The van der Waals surface area contributed by atoms with E-state index < -0.39 is 12.5 Å². The molecule has 1 heterocycles. The molecule has 4 heteroatoms. The zero-order valence-electron chi connectivity index (χ0n) is 10.2. The lowest BCUT2D eigenvalue weighted by molar-refractivity contribution is 0.0984. The lowest BCUT2D eigenvalue weighted by Gasteiger charge is -2.18. The van der Waals surface area contributed by atoms with E-state index in [2.05, 4.69) is 10.3 Å². The number of para-hydroxylation sites is 1. The van der Waals surface area contributed by atoms with E-state index >= 15 is 0 Å². The van der Waals surface area contributed by atoms with Gasteiger partial charge in [0, 0.05) is 11.6 Å². The first-order valence-corrected chi connectivity index (χ1v) is 6.08. The lowest BCUT2D eigenvalue weighted by atomic mass is 10.1. The molecule has 0 spiro atoms. The molecule has 18 heavy (non-hydrogen) atoms. The summed E-state index contributed by atoms with van der Waals surface area (Å²) in [6.07, 6.45) is -0.0778. The number of aromatic nitrogens is 1. The summed E-state index contributed by atoms with van der Waals surface area (Å²) in [5.41, 5.74) is 1.36. The molecule has 2 aromatic rings. The zero-order valence-corrected chi connectivity index (χ0v) is 10.2. The van der Waals surface area contributed by atoms with Gasteiger partial charge in [0.1, 0.15) is 0 Å². The largest absolute Gasteiger partial charge is 0.305 e. The normalized spacial score (nSPS) is 13.1. The van der Waals surface area contributed by atoms with Crippen LogP contribution < -0.4 is 5.32 Å². The Morgan fingerprint density at radius 1 is 1.28 bits per heavy atom. The monoisotopic (exact) mass is 250 g/mol. The molecule has 1 atom stereocenters. The Kier molecular flexibility index (Phi) is 4.20. The van der Waals surface area contributed by atoms with Gasteiger partial charge >= 0.3 is 0 Å². The van der Waals surface area contributed by atoms with Gasteiger partial charge in [-0.15, -0.1) is 0 Å². The number of rotatable bonds is 5. The molecule has 0 aliphatic rings. The van der Waals surface area contributed by atoms with Gasteiger partial charge in [0.25, 0.3) is 6.43 Å². The van der Waals surface area contributed by atoms with Crippen LogP contribution in [0.5, 0.6) is 0 Å². The van der Waals surface area contributed by atoms with Gasteiger partial charge in [0.05, 0.1) is 11.6 Å². The van der Waals surface area contributed by atoms with Gasteiger partial charge in [-0.05, 0) is 30.7 Å². The standard InChI is InChI=1S/C14H16F2N2/c1-2-7-17-13(14(15)16)11-8-10-5-3-4-6-12(10)18-9-11/h3-6,8-9,13-14,17H,2,7H2,1H3. The Balaban J connectivity index is 2.32. The van der Waals surface area contributed by atoms with Crippen molar-refractivity contribution in [2.45, 2.75) is 25.8 Å². The number of pyridine rings is 1. The molecule has 1 aromatic heterocycles. The summed E-state index contributed by atoms with van der Waals surface area (Å²) in [6.45, 7) is 2.52. The fraction of sp³-hybridized carbons (Fsp3) is 0.357. The van der Waals surface area contributed by atoms with Crippen LogP contribution in [-0.4, -0.2) is 18.0 Å². The van der Waals surface area contributed by atoms with Crippen LogP contribution in [0.3, 0.4) is 0 Å². The van der Waals surface area contributed by atoms with Crippen LogP contribution in [0.15, 0.2) is 36.5 Å². The van der Waals surface area contributed by atoms with Crippen molar-refractivity contribution >= 4 is 10.9 Å². The van der Waals surface area contributed by atoms with Crippen molar-refractivity contribution in [3.05, 3.63) is 42.1 Å². The second kappa shape index (κ2) is 5.87. The molecule has 0 aliphatic heterocycles.